The van der Waals surface area contributed by atoms with E-state index < -0.39 is 11.9 Å². The summed E-state index contributed by atoms with van der Waals surface area (Å²) in [6.07, 6.45) is 9.94. The van der Waals surface area contributed by atoms with E-state index in [2.05, 4.69) is 11.3 Å². The fourth-order valence-corrected chi connectivity index (χ4v) is 3.70. The largest absolute Gasteiger partial charge is 0.493 e. The third kappa shape index (κ3) is 13.5. The molecule has 10 heteroatoms. The maximum Gasteiger partial charge on any atom is 0.333 e. The molecule has 0 fully saturated rings. The number of benzene rings is 2. The van der Waals surface area contributed by atoms with Gasteiger partial charge in [-0.3, -0.25) is 0 Å². The highest BCUT2D eigenvalue weighted by Gasteiger charge is 2.08. The number of hydrogen-bond donors (Lipinski definition) is 0. The predicted octanol–water partition coefficient (Wildman–Crippen LogP) is 5.97. The number of esters is 3. The van der Waals surface area contributed by atoms with E-state index in [1.807, 2.05) is 6.07 Å². The molecule has 0 radical (unpaired) electrons. The summed E-state index contributed by atoms with van der Waals surface area (Å²) in [4.78, 5) is 34.8. The van der Waals surface area contributed by atoms with Gasteiger partial charge in [0, 0.05) is 24.1 Å². The summed E-state index contributed by atoms with van der Waals surface area (Å²) in [6.45, 7) is 6.60. The zero-order chi connectivity index (χ0) is 32.2. The van der Waals surface area contributed by atoms with E-state index in [0.29, 0.717) is 54.8 Å². The van der Waals surface area contributed by atoms with E-state index in [-0.39, 0.29) is 12.6 Å². The van der Waals surface area contributed by atoms with Crippen molar-refractivity contribution in [3.05, 3.63) is 71.8 Å². The summed E-state index contributed by atoms with van der Waals surface area (Å²) in [6, 6.07) is 10.7. The van der Waals surface area contributed by atoms with E-state index >= 15 is 0 Å². The van der Waals surface area contributed by atoms with Crippen molar-refractivity contribution in [2.24, 2.45) is 0 Å². The lowest BCUT2D eigenvalue weighted by atomic mass is 10.2. The molecule has 0 N–H and O–H groups in total. The lowest BCUT2D eigenvalue weighted by molar-refractivity contribution is -0.139. The van der Waals surface area contributed by atoms with Gasteiger partial charge in [-0.15, -0.1) is 0 Å². The van der Waals surface area contributed by atoms with Crippen LogP contribution in [0.5, 0.6) is 23.0 Å². The van der Waals surface area contributed by atoms with Gasteiger partial charge in [-0.2, -0.15) is 0 Å². The van der Waals surface area contributed by atoms with Crippen LogP contribution in [0.4, 0.5) is 0 Å². The Hall–Kier alpha value is -4.73. The molecule has 238 valence electrons. The fraction of sp³-hybridized carbons (Fsp3) is 0.382. The molecule has 0 bridgehead atoms. The van der Waals surface area contributed by atoms with Gasteiger partial charge in [0.25, 0.3) is 0 Å². The van der Waals surface area contributed by atoms with Gasteiger partial charge in [0.1, 0.15) is 0 Å². The molecule has 10 nitrogen and oxygen atoms in total. The smallest absolute Gasteiger partial charge is 0.333 e. The van der Waals surface area contributed by atoms with Crippen LogP contribution in [0.3, 0.4) is 0 Å². The van der Waals surface area contributed by atoms with Gasteiger partial charge in [-0.1, -0.05) is 18.7 Å². The molecule has 0 aromatic heterocycles. The van der Waals surface area contributed by atoms with E-state index in [1.165, 1.54) is 26.4 Å². The van der Waals surface area contributed by atoms with Crippen LogP contribution in [0.25, 0.3) is 12.2 Å². The Bertz CT molecular complexity index is 1290. The minimum Gasteiger partial charge on any atom is -0.493 e. The molecule has 2 aromatic rings. The topological polar surface area (TPSA) is 116 Å². The Labute approximate surface area is 259 Å². The van der Waals surface area contributed by atoms with Crippen LogP contribution in [0.1, 0.15) is 50.2 Å². The molecule has 2 rings (SSSR count). The van der Waals surface area contributed by atoms with Crippen molar-refractivity contribution in [3.8, 4) is 23.0 Å². The maximum absolute atomic E-state index is 12.2. The third-order valence-corrected chi connectivity index (χ3v) is 6.07. The predicted molar refractivity (Wildman–Crippen MR) is 167 cm³/mol. The lowest BCUT2D eigenvalue weighted by Crippen LogP contribution is -2.07. The van der Waals surface area contributed by atoms with Crippen molar-refractivity contribution in [1.29, 1.82) is 0 Å². The second kappa shape index (κ2) is 20.2. The average Bonchev–Trinajstić information content (AvgIpc) is 3.03. The Morgan fingerprint density at radius 3 is 1.66 bits per heavy atom. The van der Waals surface area contributed by atoms with Crippen molar-refractivity contribution in [3.63, 3.8) is 0 Å². The molecule has 0 spiro atoms. The van der Waals surface area contributed by atoms with Crippen molar-refractivity contribution in [2.45, 2.75) is 39.0 Å². The first kappa shape index (κ1) is 35.5. The van der Waals surface area contributed by atoms with Gasteiger partial charge in [0.15, 0.2) is 23.0 Å². The van der Waals surface area contributed by atoms with Gasteiger partial charge in [0.05, 0.1) is 47.8 Å². The number of rotatable bonds is 20. The first-order valence-corrected chi connectivity index (χ1v) is 14.3. The molecule has 0 aliphatic rings. The van der Waals surface area contributed by atoms with Crippen LogP contribution in [-0.4, -0.2) is 65.7 Å². The maximum atomic E-state index is 12.2. The van der Waals surface area contributed by atoms with E-state index in [9.17, 15) is 14.4 Å². The minimum atomic E-state index is -0.474. The monoisotopic (exact) mass is 610 g/mol. The van der Waals surface area contributed by atoms with Crippen LogP contribution >= 0.6 is 0 Å². The molecule has 0 unspecified atom stereocenters. The molecule has 0 amide bonds. The van der Waals surface area contributed by atoms with Gasteiger partial charge >= 0.3 is 17.9 Å². The minimum absolute atomic E-state index is 0.182. The van der Waals surface area contributed by atoms with Crippen molar-refractivity contribution < 1.29 is 47.5 Å². The van der Waals surface area contributed by atoms with E-state index in [1.54, 1.807) is 56.5 Å². The highest BCUT2D eigenvalue weighted by molar-refractivity contribution is 5.88. The van der Waals surface area contributed by atoms with Crippen LogP contribution in [-0.2, 0) is 28.6 Å². The Morgan fingerprint density at radius 2 is 1.14 bits per heavy atom. The number of unbranched alkanes of at least 4 members (excludes halogenated alkanes) is 3. The van der Waals surface area contributed by atoms with Crippen LogP contribution in [0, 0.1) is 0 Å². The third-order valence-electron chi connectivity index (χ3n) is 6.07. The van der Waals surface area contributed by atoms with E-state index in [4.69, 9.17) is 28.4 Å². The van der Waals surface area contributed by atoms with Crippen LogP contribution in [0.2, 0.25) is 0 Å². The van der Waals surface area contributed by atoms with E-state index in [0.717, 1.165) is 36.8 Å². The summed E-state index contributed by atoms with van der Waals surface area (Å²) in [5, 5.41) is 0. The lowest BCUT2D eigenvalue weighted by Gasteiger charge is -2.11. The summed E-state index contributed by atoms with van der Waals surface area (Å²) in [5.41, 5.74) is 1.92. The van der Waals surface area contributed by atoms with Crippen LogP contribution < -0.4 is 18.9 Å². The van der Waals surface area contributed by atoms with Gasteiger partial charge in [0.2, 0.25) is 0 Å². The van der Waals surface area contributed by atoms with Crippen LogP contribution in [0.15, 0.2) is 60.7 Å². The molecule has 2 aromatic carbocycles. The standard InChI is InChI=1S/C34H42O10/c1-25(2)34(37)44-20-9-7-6-8-19-41-28-15-12-27(24-30(28)38-3)14-18-33(36)43-22-10-21-42-29-16-11-26(23-31(29)39-4)13-17-32(35)40-5/h11-18,23-24H,1,6-10,19-22H2,2-5H3/b17-13+,18-14+. The number of ether oxygens (including phenoxy) is 7. The first-order valence-electron chi connectivity index (χ1n) is 14.3. The number of hydrogen-bond acceptors (Lipinski definition) is 10. The number of carbonyl (C=O) groups excluding carboxylic acids is 3. The summed E-state index contributed by atoms with van der Waals surface area (Å²) in [5.74, 6) is 0.950. The highest BCUT2D eigenvalue weighted by Crippen LogP contribution is 2.30. The SMILES string of the molecule is C=C(C)C(=O)OCCCCCCOc1ccc(/C=C/C(=O)OCCCOc2ccc(/C=C/C(=O)OC)cc2OC)cc1OC. The summed E-state index contributed by atoms with van der Waals surface area (Å²) >= 11 is 0. The Balaban J connectivity index is 1.69. The quantitative estimate of drug-likeness (QED) is 0.0768. The molecule has 44 heavy (non-hydrogen) atoms. The normalized spacial score (nSPS) is 10.8. The number of carbonyl (C=O) groups is 3. The molecule has 0 saturated heterocycles. The Morgan fingerprint density at radius 1 is 0.636 bits per heavy atom. The molecular weight excluding hydrogens is 568 g/mol. The average molecular weight is 611 g/mol. The molecule has 0 aliphatic carbocycles. The van der Waals surface area contributed by atoms with Gasteiger partial charge in [-0.25, -0.2) is 14.4 Å². The fourth-order valence-electron chi connectivity index (χ4n) is 3.70. The molecular formula is C34H42O10. The molecule has 0 atom stereocenters. The molecule has 0 aliphatic heterocycles. The summed E-state index contributed by atoms with van der Waals surface area (Å²) in [7, 11) is 4.40. The number of methoxy groups -OCH3 is 3. The second-order valence-corrected chi connectivity index (χ2v) is 9.56. The summed E-state index contributed by atoms with van der Waals surface area (Å²) < 4.78 is 37.4. The Kier molecular flexibility index (Phi) is 16.3. The van der Waals surface area contributed by atoms with Gasteiger partial charge in [-0.05, 0) is 80.2 Å². The molecule has 0 saturated carbocycles. The molecule has 0 heterocycles. The zero-order valence-corrected chi connectivity index (χ0v) is 25.9. The van der Waals surface area contributed by atoms with Crippen molar-refractivity contribution in [2.75, 3.05) is 47.8 Å². The van der Waals surface area contributed by atoms with Crippen molar-refractivity contribution >= 4 is 30.1 Å². The zero-order valence-electron chi connectivity index (χ0n) is 25.9. The first-order chi connectivity index (χ1) is 21.3. The highest BCUT2D eigenvalue weighted by atomic mass is 16.5. The second-order valence-electron chi connectivity index (χ2n) is 9.56. The van der Waals surface area contributed by atoms with Gasteiger partial charge < -0.3 is 33.2 Å². The van der Waals surface area contributed by atoms with Crippen molar-refractivity contribution in [1.82, 2.24) is 0 Å².